The lowest BCUT2D eigenvalue weighted by Crippen LogP contribution is -2.02. The Kier molecular flexibility index (Phi) is 5.50. The molecule has 0 amide bonds. The molecule has 1 rings (SSSR count). The van der Waals surface area contributed by atoms with E-state index in [1.807, 2.05) is 0 Å². The highest BCUT2D eigenvalue weighted by molar-refractivity contribution is 4.81. The van der Waals surface area contributed by atoms with Crippen molar-refractivity contribution in [3.8, 4) is 0 Å². The molecule has 0 bridgehead atoms. The Hall–Kier alpha value is 0. The summed E-state index contributed by atoms with van der Waals surface area (Å²) in [7, 11) is 0. The summed E-state index contributed by atoms with van der Waals surface area (Å²) in [5.74, 6) is 2.25. The molecule has 1 aliphatic rings. The van der Waals surface area contributed by atoms with Crippen molar-refractivity contribution < 1.29 is 0 Å². The quantitative estimate of drug-likeness (QED) is 0.474. The third-order valence-electron chi connectivity index (χ3n) is 3.40. The number of unbranched alkanes of at least 4 members (excludes halogenated alkanes) is 3. The van der Waals surface area contributed by atoms with Crippen molar-refractivity contribution in [3.63, 3.8) is 0 Å². The monoisotopic (exact) mass is 182 g/mol. The van der Waals surface area contributed by atoms with Gasteiger partial charge >= 0.3 is 0 Å². The molecule has 0 saturated heterocycles. The predicted octanol–water partition coefficient (Wildman–Crippen LogP) is 4.78. The van der Waals surface area contributed by atoms with Gasteiger partial charge in [0, 0.05) is 0 Å². The molecule has 0 N–H and O–H groups in total. The first kappa shape index (κ1) is 11.1. The second-order valence-electron chi connectivity index (χ2n) is 4.74. The summed E-state index contributed by atoms with van der Waals surface area (Å²) < 4.78 is 0. The summed E-state index contributed by atoms with van der Waals surface area (Å²) in [6.07, 6.45) is 13.3. The highest BCUT2D eigenvalue weighted by Gasteiger charge is 2.29. The van der Waals surface area contributed by atoms with Crippen molar-refractivity contribution in [3.05, 3.63) is 0 Å². The molecule has 0 heteroatoms. The van der Waals surface area contributed by atoms with Crippen molar-refractivity contribution in [1.82, 2.24) is 0 Å². The molecule has 0 nitrogen and oxygen atoms in total. The van der Waals surface area contributed by atoms with Gasteiger partial charge < -0.3 is 0 Å². The molecule has 0 heterocycles. The maximum Gasteiger partial charge on any atom is -0.0386 e. The van der Waals surface area contributed by atoms with Crippen LogP contribution in [0.25, 0.3) is 0 Å². The van der Waals surface area contributed by atoms with Crippen LogP contribution in [-0.4, -0.2) is 0 Å². The molecule has 0 aliphatic heterocycles. The molecule has 0 spiro atoms. The van der Waals surface area contributed by atoms with Gasteiger partial charge in [-0.05, 0) is 24.7 Å². The Morgan fingerprint density at radius 1 is 0.923 bits per heavy atom. The van der Waals surface area contributed by atoms with Crippen molar-refractivity contribution >= 4 is 0 Å². The predicted molar refractivity (Wildman–Crippen MR) is 59.9 cm³/mol. The van der Waals surface area contributed by atoms with Gasteiger partial charge in [-0.3, -0.25) is 0 Å². The minimum Gasteiger partial charge on any atom is -0.0654 e. The Bertz CT molecular complexity index is 113. The van der Waals surface area contributed by atoms with Crippen LogP contribution in [0.5, 0.6) is 0 Å². The van der Waals surface area contributed by atoms with Crippen LogP contribution in [0.4, 0.5) is 0 Å². The molecule has 13 heavy (non-hydrogen) atoms. The maximum absolute atomic E-state index is 2.32. The Balaban J connectivity index is 2.06. The third-order valence-corrected chi connectivity index (χ3v) is 3.40. The molecule has 1 atom stereocenters. The second kappa shape index (κ2) is 6.45. The second-order valence-corrected chi connectivity index (χ2v) is 4.74. The standard InChI is InChI=1S/C13H26/c1-3-5-7-9-12(8-6-4-2)13-10-11-13/h12-13H,3-11H2,1-2H3. The zero-order valence-electron chi connectivity index (χ0n) is 9.52. The first-order valence-corrected chi connectivity index (χ1v) is 6.38. The zero-order chi connectivity index (χ0) is 9.52. The zero-order valence-corrected chi connectivity index (χ0v) is 9.52. The first-order valence-electron chi connectivity index (χ1n) is 6.38. The Labute approximate surface area is 84.1 Å². The van der Waals surface area contributed by atoms with E-state index < -0.39 is 0 Å². The fraction of sp³-hybridized carbons (Fsp3) is 1.00. The van der Waals surface area contributed by atoms with E-state index in [-0.39, 0.29) is 0 Å². The first-order chi connectivity index (χ1) is 6.38. The molecule has 0 aromatic carbocycles. The van der Waals surface area contributed by atoms with Gasteiger partial charge in [0.2, 0.25) is 0 Å². The highest BCUT2D eigenvalue weighted by atomic mass is 14.3. The summed E-state index contributed by atoms with van der Waals surface area (Å²) >= 11 is 0. The van der Waals surface area contributed by atoms with E-state index in [9.17, 15) is 0 Å². The van der Waals surface area contributed by atoms with Crippen LogP contribution in [0.1, 0.15) is 71.6 Å². The minimum absolute atomic E-state index is 1.10. The van der Waals surface area contributed by atoms with E-state index in [2.05, 4.69) is 13.8 Å². The van der Waals surface area contributed by atoms with Gasteiger partial charge in [0.25, 0.3) is 0 Å². The van der Waals surface area contributed by atoms with Gasteiger partial charge in [0.1, 0.15) is 0 Å². The topological polar surface area (TPSA) is 0 Å². The lowest BCUT2D eigenvalue weighted by atomic mass is 9.91. The van der Waals surface area contributed by atoms with E-state index >= 15 is 0 Å². The molecule has 78 valence electrons. The van der Waals surface area contributed by atoms with Crippen LogP contribution >= 0.6 is 0 Å². The largest absolute Gasteiger partial charge is 0.0654 e. The highest BCUT2D eigenvalue weighted by Crippen LogP contribution is 2.41. The van der Waals surface area contributed by atoms with Crippen molar-refractivity contribution in [1.29, 1.82) is 0 Å². The Morgan fingerprint density at radius 2 is 1.54 bits per heavy atom. The molecule has 1 aliphatic carbocycles. The summed E-state index contributed by atoms with van der Waals surface area (Å²) in [5, 5.41) is 0. The van der Waals surface area contributed by atoms with E-state index in [1.54, 1.807) is 12.8 Å². The average molecular weight is 182 g/mol. The van der Waals surface area contributed by atoms with Gasteiger partial charge in [-0.15, -0.1) is 0 Å². The van der Waals surface area contributed by atoms with E-state index in [1.165, 1.54) is 44.9 Å². The third kappa shape index (κ3) is 4.69. The SMILES string of the molecule is CCCCCC(CCCC)C1CC1. The molecule has 1 fully saturated rings. The summed E-state index contributed by atoms with van der Waals surface area (Å²) in [6.45, 7) is 4.62. The van der Waals surface area contributed by atoms with E-state index in [0.29, 0.717) is 0 Å². The maximum atomic E-state index is 2.32. The summed E-state index contributed by atoms with van der Waals surface area (Å²) in [5.41, 5.74) is 0. The summed E-state index contributed by atoms with van der Waals surface area (Å²) in [6, 6.07) is 0. The van der Waals surface area contributed by atoms with Crippen LogP contribution in [0.15, 0.2) is 0 Å². The van der Waals surface area contributed by atoms with Crippen LogP contribution in [0.2, 0.25) is 0 Å². The summed E-state index contributed by atoms with van der Waals surface area (Å²) in [4.78, 5) is 0. The van der Waals surface area contributed by atoms with E-state index in [4.69, 9.17) is 0 Å². The lowest BCUT2D eigenvalue weighted by Gasteiger charge is -2.15. The van der Waals surface area contributed by atoms with Crippen LogP contribution < -0.4 is 0 Å². The number of hydrogen-bond acceptors (Lipinski definition) is 0. The fourth-order valence-corrected chi connectivity index (χ4v) is 2.31. The van der Waals surface area contributed by atoms with Crippen molar-refractivity contribution in [2.24, 2.45) is 11.8 Å². The molecular weight excluding hydrogens is 156 g/mol. The van der Waals surface area contributed by atoms with Crippen LogP contribution in [0.3, 0.4) is 0 Å². The minimum atomic E-state index is 1.10. The average Bonchev–Trinajstić information content (AvgIpc) is 2.94. The smallest absolute Gasteiger partial charge is 0.0386 e. The molecule has 0 aromatic heterocycles. The fourth-order valence-electron chi connectivity index (χ4n) is 2.31. The van der Waals surface area contributed by atoms with Gasteiger partial charge in [-0.2, -0.15) is 0 Å². The Morgan fingerprint density at radius 3 is 2.08 bits per heavy atom. The van der Waals surface area contributed by atoms with E-state index in [0.717, 1.165) is 11.8 Å². The molecule has 0 radical (unpaired) electrons. The van der Waals surface area contributed by atoms with Crippen molar-refractivity contribution in [2.45, 2.75) is 71.6 Å². The van der Waals surface area contributed by atoms with Gasteiger partial charge in [-0.1, -0.05) is 58.8 Å². The molecule has 1 saturated carbocycles. The van der Waals surface area contributed by atoms with Gasteiger partial charge in [-0.25, -0.2) is 0 Å². The van der Waals surface area contributed by atoms with Crippen LogP contribution in [0, 0.1) is 11.8 Å². The van der Waals surface area contributed by atoms with Gasteiger partial charge in [0.15, 0.2) is 0 Å². The number of hydrogen-bond donors (Lipinski definition) is 0. The normalized spacial score (nSPS) is 18.9. The molecular formula is C13H26. The molecule has 1 unspecified atom stereocenters. The molecule has 0 aromatic rings. The number of rotatable bonds is 8. The van der Waals surface area contributed by atoms with Crippen LogP contribution in [-0.2, 0) is 0 Å². The van der Waals surface area contributed by atoms with Gasteiger partial charge in [0.05, 0.1) is 0 Å². The van der Waals surface area contributed by atoms with Crippen molar-refractivity contribution in [2.75, 3.05) is 0 Å². The lowest BCUT2D eigenvalue weighted by molar-refractivity contribution is 0.371.